The highest BCUT2D eigenvalue weighted by molar-refractivity contribution is 5.67. The average Bonchev–Trinajstić information content (AvgIpc) is 2.43. The van der Waals surface area contributed by atoms with Gasteiger partial charge in [0.1, 0.15) is 11.6 Å². The average molecular weight is 255 g/mol. The molecule has 0 amide bonds. The maximum atomic E-state index is 5.96. The molecule has 0 bridgehead atoms. The molecule has 3 heteroatoms. The summed E-state index contributed by atoms with van der Waals surface area (Å²) in [4.78, 5) is 8.90. The van der Waals surface area contributed by atoms with Gasteiger partial charge in [0.05, 0.1) is 5.69 Å². The van der Waals surface area contributed by atoms with E-state index in [1.165, 1.54) is 12.0 Å². The smallest absolute Gasteiger partial charge is 0.131 e. The highest BCUT2D eigenvalue weighted by atomic mass is 15.0. The maximum absolute atomic E-state index is 5.96. The van der Waals surface area contributed by atoms with E-state index in [1.54, 1.807) is 0 Å². The van der Waals surface area contributed by atoms with Gasteiger partial charge in [0.15, 0.2) is 0 Å². The number of aryl methyl sites for hydroxylation is 2. The molecule has 0 spiro atoms. The van der Waals surface area contributed by atoms with E-state index in [9.17, 15) is 0 Å². The number of aromatic nitrogens is 2. The highest BCUT2D eigenvalue weighted by Gasteiger charge is 2.09. The molecule has 0 radical (unpaired) electrons. The summed E-state index contributed by atoms with van der Waals surface area (Å²) in [5.41, 5.74) is 10.3. The fourth-order valence-electron chi connectivity index (χ4n) is 2.14. The zero-order chi connectivity index (χ0) is 13.8. The van der Waals surface area contributed by atoms with Gasteiger partial charge in [-0.15, -0.1) is 0 Å². The number of anilines is 1. The second-order valence-corrected chi connectivity index (χ2v) is 4.80. The SMILES string of the molecule is CCCc1ccc(-c2nc(CC)nc(N)c2C)cc1. The van der Waals surface area contributed by atoms with Crippen LogP contribution in [-0.4, -0.2) is 9.97 Å². The van der Waals surface area contributed by atoms with Gasteiger partial charge in [-0.1, -0.05) is 44.5 Å². The minimum absolute atomic E-state index is 0.583. The minimum atomic E-state index is 0.583. The van der Waals surface area contributed by atoms with Gasteiger partial charge in [-0.25, -0.2) is 9.97 Å². The van der Waals surface area contributed by atoms with Gasteiger partial charge < -0.3 is 5.73 Å². The molecule has 1 heterocycles. The molecule has 0 unspecified atom stereocenters. The Morgan fingerprint density at radius 1 is 1.05 bits per heavy atom. The largest absolute Gasteiger partial charge is 0.383 e. The molecule has 0 aliphatic rings. The first-order chi connectivity index (χ1) is 9.15. The fraction of sp³-hybridized carbons (Fsp3) is 0.375. The highest BCUT2D eigenvalue weighted by Crippen LogP contribution is 2.25. The summed E-state index contributed by atoms with van der Waals surface area (Å²) < 4.78 is 0. The number of rotatable bonds is 4. The van der Waals surface area contributed by atoms with Crippen LogP contribution in [0.2, 0.25) is 0 Å². The Kier molecular flexibility index (Phi) is 4.15. The van der Waals surface area contributed by atoms with Crippen LogP contribution >= 0.6 is 0 Å². The Hall–Kier alpha value is -1.90. The van der Waals surface area contributed by atoms with E-state index in [2.05, 4.69) is 41.2 Å². The number of nitrogens with two attached hydrogens (primary N) is 1. The van der Waals surface area contributed by atoms with Crippen LogP contribution in [0.3, 0.4) is 0 Å². The number of nitrogens with zero attached hydrogens (tertiary/aromatic N) is 2. The molecule has 0 aliphatic carbocycles. The summed E-state index contributed by atoms with van der Waals surface area (Å²) in [5.74, 6) is 1.38. The Bertz CT molecular complexity index is 559. The number of benzene rings is 1. The predicted molar refractivity (Wildman–Crippen MR) is 80.0 cm³/mol. The standard InChI is InChI=1S/C16H21N3/c1-4-6-12-7-9-13(10-8-12)15-11(3)16(17)19-14(5-2)18-15/h7-10H,4-6H2,1-3H3,(H2,17,18,19). The van der Waals surface area contributed by atoms with Crippen LogP contribution in [0.15, 0.2) is 24.3 Å². The van der Waals surface area contributed by atoms with E-state index in [-0.39, 0.29) is 0 Å². The Balaban J connectivity index is 2.43. The van der Waals surface area contributed by atoms with Crippen LogP contribution in [-0.2, 0) is 12.8 Å². The van der Waals surface area contributed by atoms with Gasteiger partial charge in [-0.2, -0.15) is 0 Å². The van der Waals surface area contributed by atoms with Crippen molar-refractivity contribution in [1.82, 2.24) is 9.97 Å². The van der Waals surface area contributed by atoms with Gasteiger partial charge in [-0.3, -0.25) is 0 Å². The summed E-state index contributed by atoms with van der Waals surface area (Å²) >= 11 is 0. The molecule has 0 fully saturated rings. The van der Waals surface area contributed by atoms with Crippen molar-refractivity contribution >= 4 is 5.82 Å². The Morgan fingerprint density at radius 3 is 2.32 bits per heavy atom. The molecule has 0 atom stereocenters. The molecule has 3 nitrogen and oxygen atoms in total. The zero-order valence-corrected chi connectivity index (χ0v) is 11.9. The van der Waals surface area contributed by atoms with E-state index < -0.39 is 0 Å². The lowest BCUT2D eigenvalue weighted by Gasteiger charge is -2.10. The lowest BCUT2D eigenvalue weighted by atomic mass is 10.0. The van der Waals surface area contributed by atoms with Crippen LogP contribution in [0.4, 0.5) is 5.82 Å². The third-order valence-corrected chi connectivity index (χ3v) is 3.31. The maximum Gasteiger partial charge on any atom is 0.131 e. The first kappa shape index (κ1) is 13.5. The van der Waals surface area contributed by atoms with Crippen molar-refractivity contribution in [3.63, 3.8) is 0 Å². The third kappa shape index (κ3) is 2.92. The molecule has 2 N–H and O–H groups in total. The Labute approximate surface area is 114 Å². The fourth-order valence-corrected chi connectivity index (χ4v) is 2.14. The van der Waals surface area contributed by atoms with E-state index in [0.29, 0.717) is 5.82 Å². The number of hydrogen-bond acceptors (Lipinski definition) is 3. The molecule has 0 saturated heterocycles. The molecule has 0 saturated carbocycles. The summed E-state index contributed by atoms with van der Waals surface area (Å²) in [6, 6.07) is 8.59. The van der Waals surface area contributed by atoms with Gasteiger partial charge in [0.2, 0.25) is 0 Å². The summed E-state index contributed by atoms with van der Waals surface area (Å²) in [6.07, 6.45) is 3.08. The second-order valence-electron chi connectivity index (χ2n) is 4.80. The molecule has 2 aromatic rings. The van der Waals surface area contributed by atoms with Crippen molar-refractivity contribution in [3.05, 3.63) is 41.2 Å². The molecule has 1 aromatic carbocycles. The van der Waals surface area contributed by atoms with Gasteiger partial charge in [0, 0.05) is 17.5 Å². The molecule has 2 rings (SSSR count). The third-order valence-electron chi connectivity index (χ3n) is 3.31. The molecular weight excluding hydrogens is 234 g/mol. The van der Waals surface area contributed by atoms with E-state index >= 15 is 0 Å². The molecular formula is C16H21N3. The van der Waals surface area contributed by atoms with Crippen LogP contribution in [0.25, 0.3) is 11.3 Å². The monoisotopic (exact) mass is 255 g/mol. The van der Waals surface area contributed by atoms with Crippen molar-refractivity contribution < 1.29 is 0 Å². The van der Waals surface area contributed by atoms with Crippen LogP contribution in [0, 0.1) is 6.92 Å². The van der Waals surface area contributed by atoms with Crippen LogP contribution < -0.4 is 5.73 Å². The minimum Gasteiger partial charge on any atom is -0.383 e. The summed E-state index contributed by atoms with van der Waals surface area (Å²) in [6.45, 7) is 6.21. The summed E-state index contributed by atoms with van der Waals surface area (Å²) in [7, 11) is 0. The lowest BCUT2D eigenvalue weighted by Crippen LogP contribution is -2.04. The first-order valence-corrected chi connectivity index (χ1v) is 6.88. The second kappa shape index (κ2) is 5.83. The first-order valence-electron chi connectivity index (χ1n) is 6.88. The number of hydrogen-bond donors (Lipinski definition) is 1. The van der Waals surface area contributed by atoms with Gasteiger partial charge >= 0.3 is 0 Å². The van der Waals surface area contributed by atoms with Gasteiger partial charge in [-0.05, 0) is 18.9 Å². The van der Waals surface area contributed by atoms with Crippen LogP contribution in [0.1, 0.15) is 37.2 Å². The molecule has 100 valence electrons. The molecule has 0 aliphatic heterocycles. The zero-order valence-electron chi connectivity index (χ0n) is 11.9. The van der Waals surface area contributed by atoms with Crippen LogP contribution in [0.5, 0.6) is 0 Å². The van der Waals surface area contributed by atoms with E-state index in [0.717, 1.165) is 35.5 Å². The van der Waals surface area contributed by atoms with E-state index in [1.807, 2.05) is 13.8 Å². The summed E-state index contributed by atoms with van der Waals surface area (Å²) in [5, 5.41) is 0. The molecule has 19 heavy (non-hydrogen) atoms. The topological polar surface area (TPSA) is 51.8 Å². The number of nitrogen functional groups attached to an aromatic ring is 1. The van der Waals surface area contributed by atoms with Gasteiger partial charge in [0.25, 0.3) is 0 Å². The van der Waals surface area contributed by atoms with Crippen molar-refractivity contribution in [2.45, 2.75) is 40.0 Å². The molecule has 1 aromatic heterocycles. The van der Waals surface area contributed by atoms with Crippen molar-refractivity contribution in [2.75, 3.05) is 5.73 Å². The van der Waals surface area contributed by atoms with Crippen molar-refractivity contribution in [2.24, 2.45) is 0 Å². The normalized spacial score (nSPS) is 10.7. The quantitative estimate of drug-likeness (QED) is 0.909. The van der Waals surface area contributed by atoms with E-state index in [4.69, 9.17) is 5.73 Å². The van der Waals surface area contributed by atoms with Crippen molar-refractivity contribution in [3.8, 4) is 11.3 Å². The Morgan fingerprint density at radius 2 is 1.74 bits per heavy atom. The predicted octanol–water partition coefficient (Wildman–Crippen LogP) is 3.55. The van der Waals surface area contributed by atoms with Crippen molar-refractivity contribution in [1.29, 1.82) is 0 Å². The lowest BCUT2D eigenvalue weighted by molar-refractivity contribution is 0.921.